The summed E-state index contributed by atoms with van der Waals surface area (Å²) in [4.78, 5) is 28.6. The number of para-hydroxylation sites is 4. The van der Waals surface area contributed by atoms with Crippen molar-refractivity contribution in [3.05, 3.63) is 84.9 Å². The number of aliphatic carboxylic acids is 1. The number of carboxylic acids is 1. The number of aromatic amines is 2. The van der Waals surface area contributed by atoms with E-state index in [1.54, 1.807) is 0 Å². The summed E-state index contributed by atoms with van der Waals surface area (Å²) in [5.74, 6) is -1.08. The maximum atomic E-state index is 12.8. The van der Waals surface area contributed by atoms with Crippen LogP contribution in [-0.4, -0.2) is 52.6 Å². The van der Waals surface area contributed by atoms with Gasteiger partial charge in [-0.2, -0.15) is 0 Å². The third-order valence-corrected chi connectivity index (χ3v) is 9.52. The van der Waals surface area contributed by atoms with Gasteiger partial charge in [-0.1, -0.05) is 114 Å². The number of nitrogens with one attached hydrogen (secondary N) is 4. The van der Waals surface area contributed by atoms with Gasteiger partial charge >= 0.3 is 6.03 Å². The minimum atomic E-state index is -1.08. The van der Waals surface area contributed by atoms with Gasteiger partial charge in [0, 0.05) is 38.5 Å². The van der Waals surface area contributed by atoms with Crippen LogP contribution < -0.4 is 15.7 Å². The Balaban J connectivity index is 0.000000238. The predicted octanol–water partition coefficient (Wildman–Crippen LogP) is 10.4. The number of urea groups is 1. The van der Waals surface area contributed by atoms with E-state index in [0.29, 0.717) is 0 Å². The highest BCUT2D eigenvalue weighted by Crippen LogP contribution is 2.32. The standard InChI is InChI=1S/C25H18N4O.C16H36N.C2H4O2/c30-25(28-21-13-5-9-17-15-7-1-3-11-19(15)26-23(17)21)29-22-14-6-10-18-16-8-2-4-12-20(16)27-24(18)22;1-5-9-13-17(14-10-6-2,15-11-7-3)16-12-8-4;1-2(3)4/h1-14,26-27H,(H2,28,29,30);5-16H2,1-4H3;1H3,(H,3,4)/q;+1;/p-1. The van der Waals surface area contributed by atoms with Crippen LogP contribution in [-0.2, 0) is 4.79 Å². The van der Waals surface area contributed by atoms with Crippen LogP contribution in [0.1, 0.15) is 86.0 Å². The van der Waals surface area contributed by atoms with Crippen LogP contribution >= 0.6 is 0 Å². The largest absolute Gasteiger partial charge is 0.550 e. The molecule has 0 radical (unpaired) electrons. The third-order valence-electron chi connectivity index (χ3n) is 9.52. The van der Waals surface area contributed by atoms with Crippen molar-refractivity contribution in [1.82, 2.24) is 9.97 Å². The summed E-state index contributed by atoms with van der Waals surface area (Å²) in [5.41, 5.74) is 5.40. The summed E-state index contributed by atoms with van der Waals surface area (Å²) in [6.07, 6.45) is 11.1. The van der Waals surface area contributed by atoms with Gasteiger partial charge in [-0.05, 0) is 56.9 Å². The number of carboxylic acid groups (broad SMARTS) is 1. The molecule has 6 aromatic rings. The number of benzene rings is 4. The number of hydrogen-bond acceptors (Lipinski definition) is 3. The molecule has 8 heteroatoms. The first-order chi connectivity index (χ1) is 24.8. The molecule has 0 spiro atoms. The van der Waals surface area contributed by atoms with Crippen molar-refractivity contribution < 1.29 is 19.2 Å². The van der Waals surface area contributed by atoms with Gasteiger partial charge in [0.05, 0.1) is 48.6 Å². The van der Waals surface area contributed by atoms with E-state index >= 15 is 0 Å². The highest BCUT2D eigenvalue weighted by atomic mass is 16.4. The van der Waals surface area contributed by atoms with Gasteiger partial charge in [-0.25, -0.2) is 4.79 Å². The molecular formula is C43H57N5O3. The van der Waals surface area contributed by atoms with Crippen LogP contribution in [0.15, 0.2) is 84.9 Å². The minimum Gasteiger partial charge on any atom is -0.550 e. The zero-order valence-corrected chi connectivity index (χ0v) is 31.2. The van der Waals surface area contributed by atoms with E-state index < -0.39 is 5.97 Å². The lowest BCUT2D eigenvalue weighted by Crippen LogP contribution is -2.50. The number of rotatable bonds is 14. The molecule has 0 unspecified atom stereocenters. The summed E-state index contributed by atoms with van der Waals surface area (Å²) in [5, 5.41) is 19.3. The highest BCUT2D eigenvalue weighted by Gasteiger charge is 2.24. The van der Waals surface area contributed by atoms with Crippen LogP contribution in [0, 0.1) is 0 Å². The molecule has 2 aromatic heterocycles. The Morgan fingerprint density at radius 3 is 1.24 bits per heavy atom. The number of amides is 2. The molecule has 4 N–H and O–H groups in total. The van der Waals surface area contributed by atoms with Crippen molar-refractivity contribution in [3.63, 3.8) is 0 Å². The number of fused-ring (bicyclic) bond motifs is 6. The highest BCUT2D eigenvalue weighted by molar-refractivity contribution is 6.16. The Kier molecular flexibility index (Phi) is 14.9. The van der Waals surface area contributed by atoms with Crippen LogP contribution in [0.4, 0.5) is 16.2 Å². The molecule has 6 rings (SSSR count). The summed E-state index contributed by atoms with van der Waals surface area (Å²) in [7, 11) is 0. The fraction of sp³-hybridized carbons (Fsp3) is 0.395. The second-order valence-corrected chi connectivity index (χ2v) is 13.5. The average Bonchev–Trinajstić information content (AvgIpc) is 3.71. The van der Waals surface area contributed by atoms with Gasteiger partial charge in [0.25, 0.3) is 0 Å². The van der Waals surface area contributed by atoms with Crippen LogP contribution in [0.3, 0.4) is 0 Å². The van der Waals surface area contributed by atoms with Gasteiger partial charge < -0.3 is 35.0 Å². The Hall–Kier alpha value is -4.82. The van der Waals surface area contributed by atoms with E-state index in [2.05, 4.69) is 72.6 Å². The normalized spacial score (nSPS) is 11.2. The molecule has 8 nitrogen and oxygen atoms in total. The quantitative estimate of drug-likeness (QED) is 0.0853. The lowest BCUT2D eigenvalue weighted by molar-refractivity contribution is -0.929. The number of aromatic nitrogens is 2. The second kappa shape index (κ2) is 19.5. The number of carbonyl (C=O) groups excluding carboxylic acids is 2. The van der Waals surface area contributed by atoms with E-state index in [-0.39, 0.29) is 6.03 Å². The Labute approximate surface area is 303 Å². The molecular weight excluding hydrogens is 635 g/mol. The van der Waals surface area contributed by atoms with Gasteiger partial charge in [0.2, 0.25) is 0 Å². The van der Waals surface area contributed by atoms with Crippen molar-refractivity contribution in [1.29, 1.82) is 0 Å². The zero-order chi connectivity index (χ0) is 36.6. The van der Waals surface area contributed by atoms with Crippen molar-refractivity contribution in [2.45, 2.75) is 86.0 Å². The molecule has 272 valence electrons. The Morgan fingerprint density at radius 1 is 0.549 bits per heavy atom. The van der Waals surface area contributed by atoms with Gasteiger partial charge in [-0.15, -0.1) is 0 Å². The van der Waals surface area contributed by atoms with Gasteiger partial charge in [-0.3, -0.25) is 0 Å². The Bertz CT molecular complexity index is 1830. The number of quaternary nitrogens is 1. The first kappa shape index (κ1) is 39.0. The molecule has 0 aliphatic heterocycles. The van der Waals surface area contributed by atoms with Gasteiger partial charge in [0.15, 0.2) is 0 Å². The van der Waals surface area contributed by atoms with Crippen molar-refractivity contribution in [2.24, 2.45) is 0 Å². The summed E-state index contributed by atoms with van der Waals surface area (Å²) in [6, 6.07) is 27.8. The molecule has 0 aliphatic rings. The lowest BCUT2D eigenvalue weighted by Gasteiger charge is -2.39. The minimum absolute atomic E-state index is 0.285. The molecule has 0 saturated heterocycles. The average molecular weight is 692 g/mol. The molecule has 0 fully saturated rings. The molecule has 2 heterocycles. The molecule has 0 atom stereocenters. The SMILES string of the molecule is CC(=O)[O-].CCCC[N+](CCCC)(CCCC)CCCC.O=C(Nc1cccc2c1[nH]c1ccccc12)Nc1cccc2c1[nH]c1ccccc12. The maximum Gasteiger partial charge on any atom is 0.323 e. The van der Waals surface area contributed by atoms with Crippen molar-refractivity contribution >= 4 is 67.0 Å². The first-order valence-electron chi connectivity index (χ1n) is 18.8. The van der Waals surface area contributed by atoms with Gasteiger partial charge in [0.1, 0.15) is 0 Å². The predicted molar refractivity (Wildman–Crippen MR) is 214 cm³/mol. The maximum absolute atomic E-state index is 12.8. The topological polar surface area (TPSA) is 113 Å². The number of nitrogens with zero attached hydrogens (tertiary/aromatic N) is 1. The monoisotopic (exact) mass is 691 g/mol. The van der Waals surface area contributed by atoms with E-state index in [1.807, 2.05) is 60.7 Å². The van der Waals surface area contributed by atoms with E-state index in [9.17, 15) is 4.79 Å². The summed E-state index contributed by atoms with van der Waals surface area (Å²) < 4.78 is 1.42. The summed E-state index contributed by atoms with van der Waals surface area (Å²) >= 11 is 0. The first-order valence-corrected chi connectivity index (χ1v) is 18.8. The smallest absolute Gasteiger partial charge is 0.323 e. The molecule has 4 aromatic carbocycles. The van der Waals surface area contributed by atoms with Crippen molar-refractivity contribution in [2.75, 3.05) is 36.8 Å². The Morgan fingerprint density at radius 2 is 0.882 bits per heavy atom. The summed E-state index contributed by atoms with van der Waals surface area (Å²) in [6.45, 7) is 16.0. The molecule has 2 amide bonds. The van der Waals surface area contributed by atoms with Crippen LogP contribution in [0.5, 0.6) is 0 Å². The van der Waals surface area contributed by atoms with Crippen LogP contribution in [0.25, 0.3) is 43.6 Å². The fourth-order valence-corrected chi connectivity index (χ4v) is 6.88. The second-order valence-electron chi connectivity index (χ2n) is 13.5. The van der Waals surface area contributed by atoms with Crippen molar-refractivity contribution in [3.8, 4) is 0 Å². The molecule has 0 saturated carbocycles. The number of H-pyrrole nitrogens is 2. The number of hydrogen-bond donors (Lipinski definition) is 4. The zero-order valence-electron chi connectivity index (χ0n) is 31.2. The number of carbonyl (C=O) groups is 2. The molecule has 0 aliphatic carbocycles. The van der Waals surface area contributed by atoms with E-state index in [1.165, 1.54) is 82.0 Å². The van der Waals surface area contributed by atoms with E-state index in [4.69, 9.17) is 9.90 Å². The molecule has 0 bridgehead atoms. The van der Waals surface area contributed by atoms with Crippen LogP contribution in [0.2, 0.25) is 0 Å². The lowest BCUT2D eigenvalue weighted by atomic mass is 10.1. The van der Waals surface area contributed by atoms with E-state index in [0.717, 1.165) is 61.9 Å². The third kappa shape index (κ3) is 10.6. The number of unbranched alkanes of at least 4 members (excludes halogenated alkanes) is 4. The molecule has 51 heavy (non-hydrogen) atoms. The number of anilines is 2. The fourth-order valence-electron chi connectivity index (χ4n) is 6.88.